The van der Waals surface area contributed by atoms with Crippen LogP contribution in [-0.4, -0.2) is 48.0 Å². The molecule has 0 fully saturated rings. The molecule has 0 bridgehead atoms. The number of amides is 2. The Hall–Kier alpha value is -4.79. The number of carboxylic acid groups (broad SMARTS) is 1. The molecule has 3 aromatic rings. The zero-order chi connectivity index (χ0) is 23.9. The van der Waals surface area contributed by atoms with Crippen LogP contribution in [-0.2, 0) is 14.4 Å². The van der Waals surface area contributed by atoms with E-state index in [-0.39, 0.29) is 18.2 Å². The molecule has 0 radical (unpaired) electrons. The smallest absolute Gasteiger partial charge is 0.341 e. The first kappa shape index (κ1) is 22.4. The number of carbonyl (C=O) groups is 3. The van der Waals surface area contributed by atoms with E-state index >= 15 is 0 Å². The van der Waals surface area contributed by atoms with E-state index in [1.807, 2.05) is 6.07 Å². The monoisotopic (exact) mass is 456 g/mol. The maximum absolute atomic E-state index is 13.1. The molecule has 0 atom stereocenters. The molecule has 4 rings (SSSR count). The Labute approximate surface area is 195 Å². The number of hydrogen-bond donors (Lipinski definition) is 2. The first-order valence-electron chi connectivity index (χ1n) is 10.3. The lowest BCUT2D eigenvalue weighted by atomic mass is 10.1. The Balaban J connectivity index is 1.54. The third-order valence-corrected chi connectivity index (χ3v) is 4.88. The summed E-state index contributed by atoms with van der Waals surface area (Å²) in [4.78, 5) is 37.8. The van der Waals surface area contributed by atoms with E-state index in [2.05, 4.69) is 15.5 Å². The van der Waals surface area contributed by atoms with Crippen molar-refractivity contribution in [1.29, 1.82) is 0 Å². The molecule has 3 aromatic carbocycles. The van der Waals surface area contributed by atoms with E-state index in [0.29, 0.717) is 28.3 Å². The number of carboxylic acids is 1. The molecule has 2 amide bonds. The molecule has 1 aliphatic heterocycles. The average molecular weight is 456 g/mol. The van der Waals surface area contributed by atoms with E-state index in [1.165, 1.54) is 11.1 Å². The summed E-state index contributed by atoms with van der Waals surface area (Å²) in [5.74, 6) is -1.57. The number of rotatable bonds is 8. The molecule has 0 saturated carbocycles. The predicted molar refractivity (Wildman–Crippen MR) is 128 cm³/mol. The number of benzene rings is 3. The maximum Gasteiger partial charge on any atom is 0.341 e. The summed E-state index contributed by atoms with van der Waals surface area (Å²) in [6.07, 6.45) is 1.38. The standard InChI is InChI=1S/C25H20N4O5/c30-22(27-18-9-2-1-3-10-18)15-29-20-12-6-5-11-19(20)24(25(29)33)28-26-14-17-8-4-7-13-21(17)34-16-23(31)32/h1-14H,15-16H2,(H,27,30)(H,31,32). The number of nitrogens with one attached hydrogen (secondary N) is 1. The number of nitrogens with zero attached hydrogens (tertiary/aromatic N) is 3. The fourth-order valence-electron chi connectivity index (χ4n) is 3.39. The second kappa shape index (κ2) is 10.2. The van der Waals surface area contributed by atoms with Gasteiger partial charge in [0.15, 0.2) is 12.3 Å². The number of fused-ring (bicyclic) bond motifs is 1. The largest absolute Gasteiger partial charge is 0.481 e. The molecule has 9 nitrogen and oxygen atoms in total. The summed E-state index contributed by atoms with van der Waals surface area (Å²) < 4.78 is 5.25. The molecule has 0 aromatic heterocycles. The van der Waals surface area contributed by atoms with Crippen molar-refractivity contribution < 1.29 is 24.2 Å². The zero-order valence-electron chi connectivity index (χ0n) is 17.9. The Morgan fingerprint density at radius 3 is 2.47 bits per heavy atom. The second-order valence-corrected chi connectivity index (χ2v) is 7.24. The SMILES string of the molecule is O=C(O)COc1ccccc1C=NN=C1C(=O)N(CC(=O)Nc2ccccc2)c2ccccc21. The molecule has 9 heteroatoms. The Morgan fingerprint density at radius 1 is 0.971 bits per heavy atom. The van der Waals surface area contributed by atoms with Crippen molar-refractivity contribution in [2.24, 2.45) is 10.2 Å². The topological polar surface area (TPSA) is 121 Å². The van der Waals surface area contributed by atoms with Crippen molar-refractivity contribution in [3.63, 3.8) is 0 Å². The minimum absolute atomic E-state index is 0.100. The summed E-state index contributed by atoms with van der Waals surface area (Å²) in [6, 6.07) is 22.7. The van der Waals surface area contributed by atoms with Crippen LogP contribution in [0.3, 0.4) is 0 Å². The highest BCUT2D eigenvalue weighted by molar-refractivity contribution is 6.54. The van der Waals surface area contributed by atoms with Gasteiger partial charge in [-0.3, -0.25) is 14.5 Å². The molecule has 1 heterocycles. The van der Waals surface area contributed by atoms with Crippen LogP contribution in [0.2, 0.25) is 0 Å². The molecule has 2 N–H and O–H groups in total. The lowest BCUT2D eigenvalue weighted by molar-refractivity contribution is -0.139. The zero-order valence-corrected chi connectivity index (χ0v) is 17.9. The first-order chi connectivity index (χ1) is 16.5. The highest BCUT2D eigenvalue weighted by Gasteiger charge is 2.35. The number of hydrogen-bond acceptors (Lipinski definition) is 6. The molecule has 0 unspecified atom stereocenters. The van der Waals surface area contributed by atoms with Crippen LogP contribution in [0.5, 0.6) is 5.75 Å². The molecule has 1 aliphatic rings. The molecular formula is C25H20N4O5. The molecule has 0 aliphatic carbocycles. The van der Waals surface area contributed by atoms with E-state index in [1.54, 1.807) is 72.8 Å². The van der Waals surface area contributed by atoms with Crippen LogP contribution in [0.4, 0.5) is 11.4 Å². The molecule has 0 spiro atoms. The lowest BCUT2D eigenvalue weighted by Gasteiger charge is -2.16. The van der Waals surface area contributed by atoms with Gasteiger partial charge < -0.3 is 15.2 Å². The van der Waals surface area contributed by atoms with E-state index < -0.39 is 18.5 Å². The van der Waals surface area contributed by atoms with Gasteiger partial charge >= 0.3 is 5.97 Å². The van der Waals surface area contributed by atoms with Crippen molar-refractivity contribution in [3.05, 3.63) is 90.0 Å². The Bertz CT molecular complexity index is 1290. The van der Waals surface area contributed by atoms with Gasteiger partial charge in [0, 0.05) is 16.8 Å². The van der Waals surface area contributed by atoms with Crippen molar-refractivity contribution in [1.82, 2.24) is 0 Å². The van der Waals surface area contributed by atoms with Gasteiger partial charge in [-0.05, 0) is 30.3 Å². The summed E-state index contributed by atoms with van der Waals surface area (Å²) in [6.45, 7) is -0.676. The van der Waals surface area contributed by atoms with E-state index in [9.17, 15) is 14.4 Å². The minimum atomic E-state index is -1.10. The van der Waals surface area contributed by atoms with Gasteiger partial charge in [0.25, 0.3) is 5.91 Å². The fraction of sp³-hybridized carbons (Fsp3) is 0.0800. The third-order valence-electron chi connectivity index (χ3n) is 4.88. The van der Waals surface area contributed by atoms with Crippen molar-refractivity contribution >= 4 is 41.1 Å². The summed E-state index contributed by atoms with van der Waals surface area (Å²) >= 11 is 0. The molecule has 0 saturated heterocycles. The van der Waals surface area contributed by atoms with Crippen LogP contribution < -0.4 is 15.0 Å². The molecular weight excluding hydrogens is 436 g/mol. The highest BCUT2D eigenvalue weighted by atomic mass is 16.5. The summed E-state index contributed by atoms with van der Waals surface area (Å²) in [7, 11) is 0. The quantitative estimate of drug-likeness (QED) is 0.399. The number of anilines is 2. The maximum atomic E-state index is 13.1. The number of carbonyl (C=O) groups excluding carboxylic acids is 2. The van der Waals surface area contributed by atoms with Gasteiger partial charge in [0.05, 0.1) is 11.9 Å². The van der Waals surface area contributed by atoms with Crippen LogP contribution in [0.1, 0.15) is 11.1 Å². The van der Waals surface area contributed by atoms with Crippen LogP contribution in [0.25, 0.3) is 0 Å². The van der Waals surface area contributed by atoms with Crippen molar-refractivity contribution in [3.8, 4) is 5.75 Å². The lowest BCUT2D eigenvalue weighted by Crippen LogP contribution is -2.37. The second-order valence-electron chi connectivity index (χ2n) is 7.24. The highest BCUT2D eigenvalue weighted by Crippen LogP contribution is 2.29. The Kier molecular flexibility index (Phi) is 6.73. The van der Waals surface area contributed by atoms with Crippen LogP contribution in [0.15, 0.2) is 89.1 Å². The van der Waals surface area contributed by atoms with Gasteiger partial charge in [-0.2, -0.15) is 5.10 Å². The summed E-state index contributed by atoms with van der Waals surface area (Å²) in [5, 5.41) is 19.7. The molecule has 170 valence electrons. The van der Waals surface area contributed by atoms with Gasteiger partial charge in [-0.15, -0.1) is 5.10 Å². The average Bonchev–Trinajstić information content (AvgIpc) is 3.10. The first-order valence-corrected chi connectivity index (χ1v) is 10.3. The fourth-order valence-corrected chi connectivity index (χ4v) is 3.39. The van der Waals surface area contributed by atoms with Crippen molar-refractivity contribution in [2.45, 2.75) is 0 Å². The van der Waals surface area contributed by atoms with Gasteiger partial charge in [-0.1, -0.05) is 48.5 Å². The van der Waals surface area contributed by atoms with E-state index in [4.69, 9.17) is 9.84 Å². The normalized spacial score (nSPS) is 13.8. The number of aliphatic carboxylic acids is 1. The van der Waals surface area contributed by atoms with Crippen molar-refractivity contribution in [2.75, 3.05) is 23.4 Å². The van der Waals surface area contributed by atoms with Gasteiger partial charge in [0.2, 0.25) is 5.91 Å². The number of para-hydroxylation sites is 3. The van der Waals surface area contributed by atoms with Gasteiger partial charge in [-0.25, -0.2) is 4.79 Å². The van der Waals surface area contributed by atoms with Crippen LogP contribution >= 0.6 is 0 Å². The third kappa shape index (κ3) is 5.16. The van der Waals surface area contributed by atoms with Gasteiger partial charge in [0.1, 0.15) is 12.3 Å². The van der Waals surface area contributed by atoms with Crippen LogP contribution in [0, 0.1) is 0 Å². The predicted octanol–water partition coefficient (Wildman–Crippen LogP) is 2.96. The van der Waals surface area contributed by atoms with E-state index in [0.717, 1.165) is 0 Å². The molecule has 34 heavy (non-hydrogen) atoms. The number of ether oxygens (including phenoxy) is 1. The Morgan fingerprint density at radius 2 is 1.68 bits per heavy atom. The summed E-state index contributed by atoms with van der Waals surface area (Å²) in [5.41, 5.74) is 2.37. The minimum Gasteiger partial charge on any atom is -0.481 e.